The predicted octanol–water partition coefficient (Wildman–Crippen LogP) is 3.87. The lowest BCUT2D eigenvalue weighted by Crippen LogP contribution is -2.36. The van der Waals surface area contributed by atoms with Crippen molar-refractivity contribution in [2.24, 2.45) is 5.92 Å². The molecule has 0 bridgehead atoms. The van der Waals surface area contributed by atoms with Gasteiger partial charge in [0, 0.05) is 6.04 Å². The molecule has 3 N–H and O–H groups in total. The van der Waals surface area contributed by atoms with Crippen LogP contribution in [0.3, 0.4) is 0 Å². The number of hydrogen-bond acceptors (Lipinski definition) is 2. The molecule has 1 fully saturated rings. The zero-order chi connectivity index (χ0) is 17.8. The molecule has 0 radical (unpaired) electrons. The second-order valence-corrected chi connectivity index (χ2v) is 6.20. The van der Waals surface area contributed by atoms with Gasteiger partial charge in [-0.25, -0.2) is 9.18 Å². The van der Waals surface area contributed by atoms with Gasteiger partial charge in [0.25, 0.3) is 0 Å². The van der Waals surface area contributed by atoms with Crippen LogP contribution in [-0.2, 0) is 4.79 Å². The van der Waals surface area contributed by atoms with E-state index in [1.54, 1.807) is 6.07 Å². The van der Waals surface area contributed by atoms with Crippen molar-refractivity contribution in [2.45, 2.75) is 25.3 Å². The van der Waals surface area contributed by atoms with E-state index in [2.05, 4.69) is 10.6 Å². The second-order valence-electron chi connectivity index (χ2n) is 6.20. The Hall–Kier alpha value is -2.89. The number of nitrogens with one attached hydrogen (secondary N) is 2. The lowest BCUT2D eigenvalue weighted by atomic mass is 10.1. The van der Waals surface area contributed by atoms with Crippen LogP contribution >= 0.6 is 0 Å². The van der Waals surface area contributed by atoms with Gasteiger partial charge in [0.1, 0.15) is 5.82 Å². The van der Waals surface area contributed by atoms with E-state index in [-0.39, 0.29) is 11.7 Å². The Balaban J connectivity index is 1.61. The number of aliphatic carboxylic acids is 1. The quantitative estimate of drug-likeness (QED) is 0.789. The number of carboxylic acids is 1. The van der Waals surface area contributed by atoms with E-state index in [0.29, 0.717) is 19.3 Å². The fourth-order valence-electron chi connectivity index (χ4n) is 3.11. The predicted molar refractivity (Wildman–Crippen MR) is 92.8 cm³/mol. The minimum absolute atomic E-state index is 0.0879. The van der Waals surface area contributed by atoms with Crippen molar-refractivity contribution in [2.75, 3.05) is 5.32 Å². The molecule has 1 saturated carbocycles. The summed E-state index contributed by atoms with van der Waals surface area (Å²) in [7, 11) is 0. The summed E-state index contributed by atoms with van der Waals surface area (Å²) in [6, 6.07) is 13.3. The maximum atomic E-state index is 14.3. The lowest BCUT2D eigenvalue weighted by Gasteiger charge is -2.14. The average molecular weight is 342 g/mol. The first-order chi connectivity index (χ1) is 12.0. The number of benzene rings is 2. The van der Waals surface area contributed by atoms with Gasteiger partial charge in [-0.1, -0.05) is 36.4 Å². The third-order valence-electron chi connectivity index (χ3n) is 4.44. The van der Waals surface area contributed by atoms with Gasteiger partial charge in [0.15, 0.2) is 0 Å². The molecule has 0 saturated heterocycles. The summed E-state index contributed by atoms with van der Waals surface area (Å²) in [6.07, 6.45) is 1.55. The standard InChI is InChI=1S/C19H19FN2O3/c20-16-11-13(12-4-2-1-3-5-12)7-9-17(16)22-19(25)21-15-8-6-14(10-15)18(23)24/h1-5,7,9,11,14-15H,6,8,10H2,(H,23,24)(H2,21,22,25)/t14-,15+/m1/s1. The van der Waals surface area contributed by atoms with Crippen LogP contribution in [0.1, 0.15) is 19.3 Å². The summed E-state index contributed by atoms with van der Waals surface area (Å²) >= 11 is 0. The third-order valence-corrected chi connectivity index (χ3v) is 4.44. The van der Waals surface area contributed by atoms with Crippen LogP contribution in [-0.4, -0.2) is 23.1 Å². The van der Waals surface area contributed by atoms with Crippen LogP contribution in [0.15, 0.2) is 48.5 Å². The van der Waals surface area contributed by atoms with E-state index < -0.39 is 23.7 Å². The van der Waals surface area contributed by atoms with E-state index in [1.165, 1.54) is 12.1 Å². The summed E-state index contributed by atoms with van der Waals surface area (Å²) in [5.41, 5.74) is 1.71. The molecule has 0 aliphatic heterocycles. The monoisotopic (exact) mass is 342 g/mol. The van der Waals surface area contributed by atoms with Crippen molar-refractivity contribution < 1.29 is 19.1 Å². The Kier molecular flexibility index (Phi) is 4.97. The van der Waals surface area contributed by atoms with E-state index in [4.69, 9.17) is 5.11 Å². The van der Waals surface area contributed by atoms with Crippen molar-refractivity contribution in [3.05, 3.63) is 54.3 Å². The molecule has 130 valence electrons. The minimum Gasteiger partial charge on any atom is -0.481 e. The van der Waals surface area contributed by atoms with E-state index in [9.17, 15) is 14.0 Å². The van der Waals surface area contributed by atoms with E-state index >= 15 is 0 Å². The van der Waals surface area contributed by atoms with E-state index in [1.807, 2.05) is 30.3 Å². The number of urea groups is 1. The molecule has 2 amide bonds. The molecule has 6 heteroatoms. The van der Waals surface area contributed by atoms with Crippen molar-refractivity contribution in [1.82, 2.24) is 5.32 Å². The Morgan fingerprint density at radius 1 is 1.04 bits per heavy atom. The molecule has 2 aromatic carbocycles. The molecule has 25 heavy (non-hydrogen) atoms. The van der Waals surface area contributed by atoms with Gasteiger partial charge >= 0.3 is 12.0 Å². The van der Waals surface area contributed by atoms with Gasteiger partial charge in [-0.3, -0.25) is 4.79 Å². The number of carbonyl (C=O) groups is 2. The number of carbonyl (C=O) groups excluding carboxylic acids is 1. The smallest absolute Gasteiger partial charge is 0.319 e. The molecular weight excluding hydrogens is 323 g/mol. The molecule has 0 aromatic heterocycles. The maximum Gasteiger partial charge on any atom is 0.319 e. The first kappa shape index (κ1) is 17.0. The minimum atomic E-state index is -0.841. The highest BCUT2D eigenvalue weighted by Gasteiger charge is 2.30. The first-order valence-corrected chi connectivity index (χ1v) is 8.18. The van der Waals surface area contributed by atoms with Gasteiger partial charge < -0.3 is 15.7 Å². The summed E-state index contributed by atoms with van der Waals surface area (Å²) in [6.45, 7) is 0. The normalized spacial score (nSPS) is 19.4. The summed E-state index contributed by atoms with van der Waals surface area (Å²) in [5, 5.41) is 14.2. The topological polar surface area (TPSA) is 78.4 Å². The number of rotatable bonds is 4. The molecule has 1 aliphatic rings. The number of halogens is 1. The Morgan fingerprint density at radius 3 is 2.44 bits per heavy atom. The molecule has 1 aliphatic carbocycles. The van der Waals surface area contributed by atoms with Gasteiger partial charge in [-0.2, -0.15) is 0 Å². The fourth-order valence-corrected chi connectivity index (χ4v) is 3.11. The largest absolute Gasteiger partial charge is 0.481 e. The van der Waals surface area contributed by atoms with Crippen molar-refractivity contribution >= 4 is 17.7 Å². The SMILES string of the molecule is O=C(Nc1ccc(-c2ccccc2)cc1F)N[C@H]1CC[C@@H](C(=O)O)C1. The van der Waals surface area contributed by atoms with Crippen LogP contribution < -0.4 is 10.6 Å². The van der Waals surface area contributed by atoms with Gasteiger partial charge in [-0.15, -0.1) is 0 Å². The molecule has 2 aromatic rings. The molecule has 2 atom stereocenters. The number of carboxylic acid groups (broad SMARTS) is 1. The van der Waals surface area contributed by atoms with Crippen LogP contribution in [0.25, 0.3) is 11.1 Å². The first-order valence-electron chi connectivity index (χ1n) is 8.18. The summed E-state index contributed by atoms with van der Waals surface area (Å²) < 4.78 is 14.3. The van der Waals surface area contributed by atoms with Crippen LogP contribution in [0.2, 0.25) is 0 Å². The Bertz CT molecular complexity index is 779. The molecule has 3 rings (SSSR count). The van der Waals surface area contributed by atoms with E-state index in [0.717, 1.165) is 11.1 Å². The average Bonchev–Trinajstić information content (AvgIpc) is 3.06. The Morgan fingerprint density at radius 2 is 1.80 bits per heavy atom. The van der Waals surface area contributed by atoms with Crippen molar-refractivity contribution in [3.8, 4) is 11.1 Å². The zero-order valence-electron chi connectivity index (χ0n) is 13.5. The molecular formula is C19H19FN2O3. The highest BCUT2D eigenvalue weighted by molar-refractivity contribution is 5.90. The van der Waals surface area contributed by atoms with Gasteiger partial charge in [-0.05, 0) is 42.5 Å². The van der Waals surface area contributed by atoms with Crippen molar-refractivity contribution in [1.29, 1.82) is 0 Å². The van der Waals surface area contributed by atoms with Crippen molar-refractivity contribution in [3.63, 3.8) is 0 Å². The Labute approximate surface area is 144 Å². The summed E-state index contributed by atoms with van der Waals surface area (Å²) in [5.74, 6) is -1.79. The summed E-state index contributed by atoms with van der Waals surface area (Å²) in [4.78, 5) is 23.0. The fraction of sp³-hybridized carbons (Fsp3) is 0.263. The highest BCUT2D eigenvalue weighted by Crippen LogP contribution is 2.26. The van der Waals surface area contributed by atoms with Crippen LogP contribution in [0.4, 0.5) is 14.9 Å². The lowest BCUT2D eigenvalue weighted by molar-refractivity contribution is -0.141. The van der Waals surface area contributed by atoms with Gasteiger partial charge in [0.05, 0.1) is 11.6 Å². The zero-order valence-corrected chi connectivity index (χ0v) is 13.5. The second kappa shape index (κ2) is 7.34. The molecule has 0 heterocycles. The van der Waals surface area contributed by atoms with Gasteiger partial charge in [0.2, 0.25) is 0 Å². The molecule has 0 unspecified atom stereocenters. The number of amides is 2. The van der Waals surface area contributed by atoms with Crippen LogP contribution in [0.5, 0.6) is 0 Å². The number of anilines is 1. The molecule has 0 spiro atoms. The highest BCUT2D eigenvalue weighted by atomic mass is 19.1. The number of hydrogen-bond donors (Lipinski definition) is 3. The third kappa shape index (κ3) is 4.15. The maximum absolute atomic E-state index is 14.3. The van der Waals surface area contributed by atoms with Crippen LogP contribution in [0, 0.1) is 11.7 Å². The molecule has 5 nitrogen and oxygen atoms in total.